The second-order valence-corrected chi connectivity index (χ2v) is 6.42. The van der Waals surface area contributed by atoms with Gasteiger partial charge in [-0.15, -0.1) is 0 Å². The van der Waals surface area contributed by atoms with Crippen LogP contribution in [-0.2, 0) is 0 Å². The average Bonchev–Trinajstić information content (AvgIpc) is 2.46. The van der Waals surface area contributed by atoms with Gasteiger partial charge in [-0.2, -0.15) is 0 Å². The van der Waals surface area contributed by atoms with Gasteiger partial charge in [0.05, 0.1) is 0 Å². The molecule has 0 bridgehead atoms. The standard InChI is InChI=1S/C16H36N4/c1-4-5-6-7-8-16(15-17)20-13-11-19(12-14-20)10-9-18(2)3/h16H,4-15,17H2,1-3H3. The molecule has 0 saturated carbocycles. The summed E-state index contributed by atoms with van der Waals surface area (Å²) >= 11 is 0. The average molecular weight is 284 g/mol. The molecule has 0 aliphatic carbocycles. The lowest BCUT2D eigenvalue weighted by Crippen LogP contribution is -2.53. The minimum absolute atomic E-state index is 0.614. The number of piperazine rings is 1. The Morgan fingerprint density at radius 2 is 1.75 bits per heavy atom. The van der Waals surface area contributed by atoms with Gasteiger partial charge in [0.1, 0.15) is 0 Å². The molecule has 1 aliphatic heterocycles. The van der Waals surface area contributed by atoms with Gasteiger partial charge in [-0.05, 0) is 20.5 Å². The molecule has 1 rings (SSSR count). The van der Waals surface area contributed by atoms with Gasteiger partial charge in [0.25, 0.3) is 0 Å². The highest BCUT2D eigenvalue weighted by Gasteiger charge is 2.22. The van der Waals surface area contributed by atoms with Gasteiger partial charge in [0, 0.05) is 51.9 Å². The first-order valence-electron chi connectivity index (χ1n) is 8.48. The zero-order chi connectivity index (χ0) is 14.8. The molecule has 0 aromatic rings. The Hall–Kier alpha value is -0.160. The van der Waals surface area contributed by atoms with E-state index in [1.165, 1.54) is 64.8 Å². The lowest BCUT2D eigenvalue weighted by atomic mass is 10.1. The molecule has 0 aromatic carbocycles. The van der Waals surface area contributed by atoms with Gasteiger partial charge in [-0.1, -0.05) is 32.6 Å². The van der Waals surface area contributed by atoms with Crippen molar-refractivity contribution in [1.82, 2.24) is 14.7 Å². The fraction of sp³-hybridized carbons (Fsp3) is 1.00. The SMILES string of the molecule is CCCCCCC(CN)N1CCN(CCN(C)C)CC1. The third-order valence-electron chi connectivity index (χ3n) is 4.45. The molecule has 0 spiro atoms. The fourth-order valence-electron chi connectivity index (χ4n) is 2.95. The van der Waals surface area contributed by atoms with Gasteiger partial charge in [0.15, 0.2) is 0 Å². The Bertz CT molecular complexity index is 225. The Kier molecular flexibility index (Phi) is 9.44. The molecule has 1 unspecified atom stereocenters. The van der Waals surface area contributed by atoms with Crippen LogP contribution in [0.15, 0.2) is 0 Å². The summed E-state index contributed by atoms with van der Waals surface area (Å²) < 4.78 is 0. The normalized spacial score (nSPS) is 19.6. The molecule has 0 radical (unpaired) electrons. The van der Waals surface area contributed by atoms with Crippen LogP contribution in [0.1, 0.15) is 39.0 Å². The highest BCUT2D eigenvalue weighted by atomic mass is 15.3. The number of rotatable bonds is 10. The van der Waals surface area contributed by atoms with E-state index in [-0.39, 0.29) is 0 Å². The monoisotopic (exact) mass is 284 g/mol. The third kappa shape index (κ3) is 7.02. The molecular formula is C16H36N4. The maximum Gasteiger partial charge on any atom is 0.0219 e. The van der Waals surface area contributed by atoms with E-state index in [4.69, 9.17) is 5.73 Å². The van der Waals surface area contributed by atoms with Crippen molar-refractivity contribution in [2.75, 3.05) is 59.9 Å². The van der Waals surface area contributed by atoms with E-state index in [0.29, 0.717) is 6.04 Å². The Morgan fingerprint density at radius 3 is 2.30 bits per heavy atom. The number of nitrogens with two attached hydrogens (primary N) is 1. The molecule has 1 saturated heterocycles. The van der Waals surface area contributed by atoms with Crippen LogP contribution < -0.4 is 5.73 Å². The summed E-state index contributed by atoms with van der Waals surface area (Å²) in [6.45, 7) is 10.3. The smallest absolute Gasteiger partial charge is 0.0219 e. The molecule has 0 aromatic heterocycles. The van der Waals surface area contributed by atoms with Crippen molar-refractivity contribution in [3.8, 4) is 0 Å². The van der Waals surface area contributed by atoms with Gasteiger partial charge in [-0.25, -0.2) is 0 Å². The van der Waals surface area contributed by atoms with Crippen molar-refractivity contribution in [2.24, 2.45) is 5.73 Å². The Morgan fingerprint density at radius 1 is 1.05 bits per heavy atom. The Labute approximate surface area is 126 Å². The summed E-state index contributed by atoms with van der Waals surface area (Å²) in [6.07, 6.45) is 6.69. The van der Waals surface area contributed by atoms with E-state index < -0.39 is 0 Å². The maximum absolute atomic E-state index is 5.99. The summed E-state index contributed by atoms with van der Waals surface area (Å²) in [5.74, 6) is 0. The summed E-state index contributed by atoms with van der Waals surface area (Å²) in [4.78, 5) is 7.47. The molecule has 1 aliphatic rings. The van der Waals surface area contributed by atoms with Crippen LogP contribution in [0.4, 0.5) is 0 Å². The summed E-state index contributed by atoms with van der Waals surface area (Å²) in [5, 5.41) is 0. The van der Waals surface area contributed by atoms with Crippen LogP contribution >= 0.6 is 0 Å². The van der Waals surface area contributed by atoms with Crippen molar-refractivity contribution in [3.63, 3.8) is 0 Å². The lowest BCUT2D eigenvalue weighted by Gasteiger charge is -2.39. The van der Waals surface area contributed by atoms with Gasteiger partial charge in [0.2, 0.25) is 0 Å². The molecule has 0 amide bonds. The van der Waals surface area contributed by atoms with Crippen LogP contribution in [0.2, 0.25) is 0 Å². The molecule has 120 valence electrons. The Balaban J connectivity index is 2.20. The fourth-order valence-corrected chi connectivity index (χ4v) is 2.95. The third-order valence-corrected chi connectivity index (χ3v) is 4.45. The first-order valence-corrected chi connectivity index (χ1v) is 8.48. The number of hydrogen-bond acceptors (Lipinski definition) is 4. The minimum atomic E-state index is 0.614. The van der Waals surface area contributed by atoms with Crippen LogP contribution in [0.25, 0.3) is 0 Å². The number of hydrogen-bond donors (Lipinski definition) is 1. The van der Waals surface area contributed by atoms with Crippen LogP contribution in [0.5, 0.6) is 0 Å². The van der Waals surface area contributed by atoms with Crippen LogP contribution in [0.3, 0.4) is 0 Å². The summed E-state index contributed by atoms with van der Waals surface area (Å²) in [7, 11) is 4.30. The zero-order valence-electron chi connectivity index (χ0n) is 14.0. The molecule has 1 fully saturated rings. The molecule has 2 N–H and O–H groups in total. The molecule has 1 heterocycles. The quantitative estimate of drug-likeness (QED) is 0.616. The van der Waals surface area contributed by atoms with Crippen molar-refractivity contribution in [2.45, 2.75) is 45.1 Å². The van der Waals surface area contributed by atoms with Crippen molar-refractivity contribution >= 4 is 0 Å². The predicted octanol–water partition coefficient (Wildman–Crippen LogP) is 1.46. The molecule has 1 atom stereocenters. The minimum Gasteiger partial charge on any atom is -0.329 e. The number of nitrogens with zero attached hydrogens (tertiary/aromatic N) is 3. The zero-order valence-corrected chi connectivity index (χ0v) is 14.0. The van der Waals surface area contributed by atoms with Crippen LogP contribution in [0, 0.1) is 0 Å². The summed E-state index contributed by atoms with van der Waals surface area (Å²) in [6, 6.07) is 0.614. The second kappa shape index (κ2) is 10.6. The number of unbranched alkanes of at least 4 members (excludes halogenated alkanes) is 3. The first-order chi connectivity index (χ1) is 9.67. The number of likely N-dealkylation sites (N-methyl/N-ethyl adjacent to an activating group) is 1. The van der Waals surface area contributed by atoms with Gasteiger partial charge >= 0.3 is 0 Å². The largest absolute Gasteiger partial charge is 0.329 e. The van der Waals surface area contributed by atoms with E-state index in [0.717, 1.165) is 13.1 Å². The lowest BCUT2D eigenvalue weighted by molar-refractivity contribution is 0.0896. The van der Waals surface area contributed by atoms with E-state index >= 15 is 0 Å². The van der Waals surface area contributed by atoms with Gasteiger partial charge in [-0.3, -0.25) is 9.80 Å². The maximum atomic E-state index is 5.99. The predicted molar refractivity (Wildman–Crippen MR) is 88.2 cm³/mol. The first kappa shape index (κ1) is 17.9. The van der Waals surface area contributed by atoms with Crippen molar-refractivity contribution in [1.29, 1.82) is 0 Å². The van der Waals surface area contributed by atoms with Gasteiger partial charge < -0.3 is 10.6 Å². The molecule has 4 heteroatoms. The highest BCUT2D eigenvalue weighted by molar-refractivity contribution is 4.79. The van der Waals surface area contributed by atoms with E-state index in [2.05, 4.69) is 35.7 Å². The molecule has 4 nitrogen and oxygen atoms in total. The van der Waals surface area contributed by atoms with Crippen molar-refractivity contribution in [3.05, 3.63) is 0 Å². The van der Waals surface area contributed by atoms with E-state index in [1.807, 2.05) is 0 Å². The second-order valence-electron chi connectivity index (χ2n) is 6.42. The van der Waals surface area contributed by atoms with E-state index in [1.54, 1.807) is 0 Å². The van der Waals surface area contributed by atoms with Crippen molar-refractivity contribution < 1.29 is 0 Å². The highest BCUT2D eigenvalue weighted by Crippen LogP contribution is 2.13. The van der Waals surface area contributed by atoms with E-state index in [9.17, 15) is 0 Å². The van der Waals surface area contributed by atoms with Crippen LogP contribution in [-0.4, -0.2) is 80.7 Å². The molecule has 20 heavy (non-hydrogen) atoms. The topological polar surface area (TPSA) is 35.7 Å². The summed E-state index contributed by atoms with van der Waals surface area (Å²) in [5.41, 5.74) is 5.99. The molecular weight excluding hydrogens is 248 g/mol.